The fourth-order valence-electron chi connectivity index (χ4n) is 2.43. The topological polar surface area (TPSA) is 75.6 Å². The second kappa shape index (κ2) is 9.28. The summed E-state index contributed by atoms with van der Waals surface area (Å²) in [5.41, 5.74) is 0.559. The van der Waals surface area contributed by atoms with Gasteiger partial charge in [-0.1, -0.05) is 53.5 Å². The Morgan fingerprint density at radius 2 is 1.66 bits per heavy atom. The Labute approximate surface area is 177 Å². The van der Waals surface area contributed by atoms with Crippen LogP contribution in [-0.4, -0.2) is 17.0 Å². The summed E-state index contributed by atoms with van der Waals surface area (Å²) in [6.45, 7) is 0. The van der Waals surface area contributed by atoms with E-state index in [1.807, 2.05) is 0 Å². The normalized spacial score (nSPS) is 11.0. The van der Waals surface area contributed by atoms with Gasteiger partial charge in [-0.2, -0.15) is 0 Å². The zero-order valence-electron chi connectivity index (χ0n) is 14.9. The molecule has 0 aliphatic rings. The van der Waals surface area contributed by atoms with Gasteiger partial charge < -0.3 is 15.2 Å². The van der Waals surface area contributed by atoms with Crippen molar-refractivity contribution < 1.29 is 19.4 Å². The number of carboxylic acid groups (broad SMARTS) is 1. The van der Waals surface area contributed by atoms with Gasteiger partial charge in [0.25, 0.3) is 5.91 Å². The first-order valence-corrected chi connectivity index (χ1v) is 9.22. The number of para-hydroxylation sites is 1. The molecule has 0 saturated carbocycles. The van der Waals surface area contributed by atoms with Crippen molar-refractivity contribution in [2.75, 3.05) is 0 Å². The summed E-state index contributed by atoms with van der Waals surface area (Å²) in [5.74, 6) is -0.788. The van der Waals surface area contributed by atoms with E-state index >= 15 is 0 Å². The van der Waals surface area contributed by atoms with Crippen LogP contribution in [0.15, 0.2) is 78.5 Å². The molecule has 1 amide bonds. The Hall–Kier alpha value is -3.28. The molecule has 0 heterocycles. The molecule has 0 aliphatic carbocycles. The van der Waals surface area contributed by atoms with Gasteiger partial charge in [0, 0.05) is 10.6 Å². The number of aliphatic carboxylic acids is 1. The van der Waals surface area contributed by atoms with E-state index in [1.165, 1.54) is 12.1 Å². The number of carbonyl (C=O) groups excluding carboxylic acids is 1. The number of carboxylic acids is 1. The lowest BCUT2D eigenvalue weighted by atomic mass is 10.1. The van der Waals surface area contributed by atoms with Crippen LogP contribution >= 0.6 is 23.2 Å². The molecule has 7 heteroatoms. The number of halogens is 2. The van der Waals surface area contributed by atoms with E-state index in [-0.39, 0.29) is 11.3 Å². The van der Waals surface area contributed by atoms with E-state index in [0.717, 1.165) is 0 Å². The highest BCUT2D eigenvalue weighted by atomic mass is 35.5. The predicted octanol–water partition coefficient (Wildman–Crippen LogP) is 5.64. The van der Waals surface area contributed by atoms with Crippen LogP contribution in [0.1, 0.15) is 15.9 Å². The number of benzene rings is 3. The average molecular weight is 428 g/mol. The summed E-state index contributed by atoms with van der Waals surface area (Å²) in [4.78, 5) is 23.8. The van der Waals surface area contributed by atoms with Crippen molar-refractivity contribution in [2.24, 2.45) is 0 Å². The minimum absolute atomic E-state index is 0.258. The van der Waals surface area contributed by atoms with Crippen molar-refractivity contribution >= 4 is 41.2 Å². The molecule has 2 N–H and O–H groups in total. The summed E-state index contributed by atoms with van der Waals surface area (Å²) in [5, 5.41) is 12.7. The van der Waals surface area contributed by atoms with Crippen molar-refractivity contribution in [3.8, 4) is 11.5 Å². The number of amides is 1. The van der Waals surface area contributed by atoms with Crippen LogP contribution in [0.25, 0.3) is 6.08 Å². The van der Waals surface area contributed by atoms with E-state index in [2.05, 4.69) is 5.32 Å². The lowest BCUT2D eigenvalue weighted by Gasteiger charge is -2.08. The van der Waals surface area contributed by atoms with Gasteiger partial charge in [-0.05, 0) is 54.1 Å². The number of hydrogen-bond donors (Lipinski definition) is 2. The van der Waals surface area contributed by atoms with Gasteiger partial charge in [0.2, 0.25) is 0 Å². The van der Waals surface area contributed by atoms with Gasteiger partial charge in [0.1, 0.15) is 17.2 Å². The number of nitrogens with one attached hydrogen (secondary N) is 1. The maximum atomic E-state index is 12.3. The Kier molecular flexibility index (Phi) is 6.54. The molecule has 0 aliphatic heterocycles. The minimum Gasteiger partial charge on any atom is -0.477 e. The number of ether oxygens (including phenoxy) is 1. The summed E-state index contributed by atoms with van der Waals surface area (Å²) in [6, 6.07) is 20.0. The second-order valence-corrected chi connectivity index (χ2v) is 6.77. The standard InChI is InChI=1S/C22H15Cl2NO4/c23-16-5-3-4-15(13-16)21(26)25-19(22(27)28)12-14-8-10-17(11-9-14)29-20-7-2-1-6-18(20)24/h1-13H,(H,25,26)(H,27,28)/b19-12+. The van der Waals surface area contributed by atoms with Crippen molar-refractivity contribution in [3.05, 3.63) is 99.7 Å². The number of carbonyl (C=O) groups is 2. The van der Waals surface area contributed by atoms with E-state index in [1.54, 1.807) is 66.7 Å². The quantitative estimate of drug-likeness (QED) is 0.498. The lowest BCUT2D eigenvalue weighted by Crippen LogP contribution is -2.27. The van der Waals surface area contributed by atoms with Gasteiger partial charge >= 0.3 is 5.97 Å². The second-order valence-electron chi connectivity index (χ2n) is 5.93. The molecule has 0 atom stereocenters. The van der Waals surface area contributed by atoms with Crippen molar-refractivity contribution in [1.29, 1.82) is 0 Å². The Morgan fingerprint density at radius 1 is 0.931 bits per heavy atom. The minimum atomic E-state index is -1.27. The number of hydrogen-bond acceptors (Lipinski definition) is 3. The molecule has 0 aromatic heterocycles. The Bertz CT molecular complexity index is 1080. The highest BCUT2D eigenvalue weighted by Crippen LogP contribution is 2.29. The largest absolute Gasteiger partial charge is 0.477 e. The van der Waals surface area contributed by atoms with E-state index in [4.69, 9.17) is 27.9 Å². The zero-order chi connectivity index (χ0) is 20.8. The third-order valence-electron chi connectivity index (χ3n) is 3.82. The third-order valence-corrected chi connectivity index (χ3v) is 4.37. The highest BCUT2D eigenvalue weighted by Gasteiger charge is 2.14. The van der Waals surface area contributed by atoms with Crippen LogP contribution in [-0.2, 0) is 4.79 Å². The van der Waals surface area contributed by atoms with Gasteiger partial charge in [-0.15, -0.1) is 0 Å². The molecule has 3 rings (SSSR count). The van der Waals surface area contributed by atoms with Gasteiger partial charge in [0.15, 0.2) is 0 Å². The first-order valence-electron chi connectivity index (χ1n) is 8.47. The van der Waals surface area contributed by atoms with Crippen molar-refractivity contribution in [1.82, 2.24) is 5.32 Å². The SMILES string of the molecule is O=C(O)/C(=C\c1ccc(Oc2ccccc2Cl)cc1)NC(=O)c1cccc(Cl)c1. The first kappa shape index (κ1) is 20.5. The molecule has 0 spiro atoms. The molecule has 5 nitrogen and oxygen atoms in total. The zero-order valence-corrected chi connectivity index (χ0v) is 16.4. The van der Waals surface area contributed by atoms with Gasteiger partial charge in [0.05, 0.1) is 5.02 Å². The Morgan fingerprint density at radius 3 is 2.31 bits per heavy atom. The maximum absolute atomic E-state index is 12.3. The van der Waals surface area contributed by atoms with Crippen molar-refractivity contribution in [2.45, 2.75) is 0 Å². The summed E-state index contributed by atoms with van der Waals surface area (Å²) < 4.78 is 5.70. The summed E-state index contributed by atoms with van der Waals surface area (Å²) in [6.07, 6.45) is 1.35. The van der Waals surface area contributed by atoms with E-state index in [0.29, 0.717) is 27.1 Å². The summed E-state index contributed by atoms with van der Waals surface area (Å²) in [7, 11) is 0. The third kappa shape index (κ3) is 5.60. The van der Waals surface area contributed by atoms with Crippen LogP contribution in [0, 0.1) is 0 Å². The molecule has 0 bridgehead atoms. The monoisotopic (exact) mass is 427 g/mol. The van der Waals surface area contributed by atoms with E-state index in [9.17, 15) is 14.7 Å². The molecule has 0 saturated heterocycles. The molecule has 29 heavy (non-hydrogen) atoms. The maximum Gasteiger partial charge on any atom is 0.352 e. The predicted molar refractivity (Wildman–Crippen MR) is 112 cm³/mol. The fourth-order valence-corrected chi connectivity index (χ4v) is 2.79. The van der Waals surface area contributed by atoms with Gasteiger partial charge in [-0.3, -0.25) is 4.79 Å². The summed E-state index contributed by atoms with van der Waals surface area (Å²) >= 11 is 11.9. The van der Waals surface area contributed by atoms with Gasteiger partial charge in [-0.25, -0.2) is 4.79 Å². The van der Waals surface area contributed by atoms with Crippen LogP contribution in [0.3, 0.4) is 0 Å². The molecule has 3 aromatic rings. The molecule has 0 unspecified atom stereocenters. The fraction of sp³-hybridized carbons (Fsp3) is 0. The molecular weight excluding hydrogens is 413 g/mol. The number of rotatable bonds is 6. The van der Waals surface area contributed by atoms with Crippen LogP contribution in [0.4, 0.5) is 0 Å². The lowest BCUT2D eigenvalue weighted by molar-refractivity contribution is -0.132. The molecule has 0 radical (unpaired) electrons. The Balaban J connectivity index is 1.76. The van der Waals surface area contributed by atoms with Crippen LogP contribution in [0.2, 0.25) is 10.0 Å². The van der Waals surface area contributed by atoms with E-state index < -0.39 is 11.9 Å². The molecule has 146 valence electrons. The molecule has 3 aromatic carbocycles. The van der Waals surface area contributed by atoms with Crippen LogP contribution in [0.5, 0.6) is 11.5 Å². The molecule has 0 fully saturated rings. The smallest absolute Gasteiger partial charge is 0.352 e. The van der Waals surface area contributed by atoms with Crippen LogP contribution < -0.4 is 10.1 Å². The van der Waals surface area contributed by atoms with Crippen molar-refractivity contribution in [3.63, 3.8) is 0 Å². The highest BCUT2D eigenvalue weighted by molar-refractivity contribution is 6.32. The average Bonchev–Trinajstić information content (AvgIpc) is 2.70. The molecular formula is C22H15Cl2NO4. The first-order chi connectivity index (χ1) is 13.9.